The van der Waals surface area contributed by atoms with Crippen molar-refractivity contribution in [1.29, 1.82) is 0 Å². The fraction of sp³-hybridized carbons (Fsp3) is 0.409. The van der Waals surface area contributed by atoms with Crippen LogP contribution in [0.5, 0.6) is 0 Å². The highest BCUT2D eigenvalue weighted by Gasteiger charge is 2.33. The van der Waals surface area contributed by atoms with Crippen molar-refractivity contribution in [1.82, 2.24) is 15.2 Å². The predicted octanol–water partition coefficient (Wildman–Crippen LogP) is 4.78. The molecule has 0 fully saturated rings. The quantitative estimate of drug-likeness (QED) is 0.347. The molecule has 0 saturated heterocycles. The number of benzene rings is 1. The second-order valence-corrected chi connectivity index (χ2v) is 10.9. The molecular formula is C22H25BrN4O4S2. The molecule has 11 heteroatoms. The summed E-state index contributed by atoms with van der Waals surface area (Å²) in [6.45, 7) is 4.06. The van der Waals surface area contributed by atoms with Crippen LogP contribution in [0, 0.1) is 0 Å². The zero-order valence-corrected chi connectivity index (χ0v) is 21.5. The van der Waals surface area contributed by atoms with Crippen molar-refractivity contribution >= 4 is 65.8 Å². The molecule has 3 aromatic rings. The molecule has 1 aromatic carbocycles. The number of carbonyl (C=O) groups is 2. The highest BCUT2D eigenvalue weighted by Crippen LogP contribution is 2.46. The van der Waals surface area contributed by atoms with E-state index in [1.165, 1.54) is 16.2 Å². The zero-order chi connectivity index (χ0) is 23.5. The van der Waals surface area contributed by atoms with E-state index in [0.29, 0.717) is 39.1 Å². The van der Waals surface area contributed by atoms with Gasteiger partial charge in [0.2, 0.25) is 5.91 Å². The molecule has 3 heterocycles. The molecular weight excluding hydrogens is 528 g/mol. The monoisotopic (exact) mass is 552 g/mol. The first-order chi connectivity index (χ1) is 15.9. The van der Waals surface area contributed by atoms with Crippen molar-refractivity contribution in [2.75, 3.05) is 32.1 Å². The molecule has 1 atom stereocenters. The second-order valence-electron chi connectivity index (χ2n) is 7.84. The number of carbonyl (C=O) groups excluding carboxylic acids is 1. The summed E-state index contributed by atoms with van der Waals surface area (Å²) in [7, 11) is 1.64. The van der Waals surface area contributed by atoms with Crippen LogP contribution < -0.4 is 10.6 Å². The Hall–Kier alpha value is -2.05. The van der Waals surface area contributed by atoms with Gasteiger partial charge in [0.05, 0.1) is 23.4 Å². The van der Waals surface area contributed by atoms with E-state index >= 15 is 0 Å². The van der Waals surface area contributed by atoms with Crippen molar-refractivity contribution in [3.63, 3.8) is 0 Å². The van der Waals surface area contributed by atoms with E-state index < -0.39 is 6.09 Å². The summed E-state index contributed by atoms with van der Waals surface area (Å²) in [6.07, 6.45) is -0.0156. The number of anilines is 1. The Morgan fingerprint density at radius 2 is 2.15 bits per heavy atom. The van der Waals surface area contributed by atoms with Crippen molar-refractivity contribution in [3.05, 3.63) is 33.1 Å². The van der Waals surface area contributed by atoms with Crippen molar-refractivity contribution in [2.45, 2.75) is 32.4 Å². The first kappa shape index (κ1) is 24.1. The number of carboxylic acid groups (broad SMARTS) is 1. The lowest BCUT2D eigenvalue weighted by molar-refractivity contribution is -0.116. The third-order valence-corrected chi connectivity index (χ3v) is 8.19. The topological polar surface area (TPSA) is 104 Å². The molecule has 3 N–H and O–H groups in total. The Morgan fingerprint density at radius 1 is 1.33 bits per heavy atom. The van der Waals surface area contributed by atoms with E-state index in [0.717, 1.165) is 40.7 Å². The van der Waals surface area contributed by atoms with Crippen molar-refractivity contribution in [3.8, 4) is 10.6 Å². The van der Waals surface area contributed by atoms with Crippen LogP contribution in [0.25, 0.3) is 20.8 Å². The smallest absolute Gasteiger partial charge is 0.407 e. The SMILES string of the molecule is COCCNCCC(=O)Nc1sc2c(c1-c1nc3cc(Br)ccc3s1)CC(C)N(C(=O)O)C2. The maximum atomic E-state index is 12.7. The van der Waals surface area contributed by atoms with Crippen LogP contribution in [0.4, 0.5) is 9.80 Å². The maximum Gasteiger partial charge on any atom is 0.407 e. The van der Waals surface area contributed by atoms with Crippen LogP contribution in [0.3, 0.4) is 0 Å². The highest BCUT2D eigenvalue weighted by molar-refractivity contribution is 9.10. The predicted molar refractivity (Wildman–Crippen MR) is 135 cm³/mol. The summed E-state index contributed by atoms with van der Waals surface area (Å²) < 4.78 is 7.02. The Labute approximate surface area is 208 Å². The molecule has 0 saturated carbocycles. The Kier molecular flexibility index (Phi) is 7.65. The van der Waals surface area contributed by atoms with Crippen LogP contribution in [0.1, 0.15) is 23.8 Å². The fourth-order valence-corrected chi connectivity index (χ4v) is 6.52. The molecule has 8 nitrogen and oxygen atoms in total. The number of rotatable bonds is 8. The van der Waals surface area contributed by atoms with Crippen molar-refractivity contribution in [2.24, 2.45) is 0 Å². The molecule has 0 aliphatic carbocycles. The molecule has 2 amide bonds. The van der Waals surface area contributed by atoms with Gasteiger partial charge in [0.15, 0.2) is 0 Å². The van der Waals surface area contributed by atoms with E-state index in [4.69, 9.17) is 9.72 Å². The van der Waals surface area contributed by atoms with Gasteiger partial charge in [-0.15, -0.1) is 22.7 Å². The largest absolute Gasteiger partial charge is 0.465 e. The average Bonchev–Trinajstić information content (AvgIpc) is 3.32. The summed E-state index contributed by atoms with van der Waals surface area (Å²) in [5, 5.41) is 17.4. The van der Waals surface area contributed by atoms with Crippen molar-refractivity contribution < 1.29 is 19.4 Å². The number of thiophene rings is 1. The van der Waals surface area contributed by atoms with E-state index in [-0.39, 0.29) is 11.9 Å². The first-order valence-corrected chi connectivity index (χ1v) is 13.0. The molecule has 0 bridgehead atoms. The van der Waals surface area contributed by atoms with Crippen LogP contribution in [-0.2, 0) is 22.5 Å². The fourth-order valence-electron chi connectivity index (χ4n) is 3.84. The van der Waals surface area contributed by atoms with Gasteiger partial charge in [0.1, 0.15) is 10.0 Å². The molecule has 1 aliphatic rings. The normalized spacial score (nSPS) is 15.6. The lowest BCUT2D eigenvalue weighted by Crippen LogP contribution is -2.41. The molecule has 2 aromatic heterocycles. The van der Waals surface area contributed by atoms with Gasteiger partial charge in [-0.3, -0.25) is 4.79 Å². The number of nitrogens with one attached hydrogen (secondary N) is 2. The minimum atomic E-state index is -0.930. The number of aromatic nitrogens is 1. The number of hydrogen-bond donors (Lipinski definition) is 3. The molecule has 33 heavy (non-hydrogen) atoms. The third kappa shape index (κ3) is 5.38. The lowest BCUT2D eigenvalue weighted by Gasteiger charge is -2.31. The van der Waals surface area contributed by atoms with Gasteiger partial charge in [-0.25, -0.2) is 9.78 Å². The number of hydrogen-bond acceptors (Lipinski definition) is 7. The molecule has 4 rings (SSSR count). The maximum absolute atomic E-state index is 12.7. The Morgan fingerprint density at radius 3 is 2.91 bits per heavy atom. The highest BCUT2D eigenvalue weighted by atomic mass is 79.9. The number of nitrogens with zero attached hydrogens (tertiary/aromatic N) is 2. The van der Waals surface area contributed by atoms with Gasteiger partial charge < -0.3 is 25.4 Å². The van der Waals surface area contributed by atoms with Gasteiger partial charge in [0.25, 0.3) is 0 Å². The third-order valence-electron chi connectivity index (χ3n) is 5.51. The second kappa shape index (κ2) is 10.5. The summed E-state index contributed by atoms with van der Waals surface area (Å²) in [4.78, 5) is 31.6. The van der Waals surface area contributed by atoms with Crippen LogP contribution in [-0.4, -0.2) is 59.8 Å². The summed E-state index contributed by atoms with van der Waals surface area (Å²) in [5.74, 6) is -0.0910. The van der Waals surface area contributed by atoms with E-state index in [1.54, 1.807) is 18.4 Å². The van der Waals surface area contributed by atoms with E-state index in [9.17, 15) is 14.7 Å². The molecule has 176 valence electrons. The van der Waals surface area contributed by atoms with E-state index in [1.807, 2.05) is 25.1 Å². The van der Waals surface area contributed by atoms with Gasteiger partial charge in [0, 0.05) is 47.6 Å². The molecule has 1 aliphatic heterocycles. The molecule has 0 spiro atoms. The lowest BCUT2D eigenvalue weighted by atomic mass is 9.98. The van der Waals surface area contributed by atoms with Gasteiger partial charge in [-0.2, -0.15) is 0 Å². The zero-order valence-electron chi connectivity index (χ0n) is 18.3. The minimum Gasteiger partial charge on any atom is -0.465 e. The standard InChI is InChI=1S/C22H25BrN4O4S2/c1-12-9-14-17(11-27(12)22(29)30)33-21(26-18(28)5-6-24-7-8-31-2)19(14)20-25-15-10-13(23)3-4-16(15)32-20/h3-4,10,12,24H,5-9,11H2,1-2H3,(H,26,28)(H,29,30). The summed E-state index contributed by atoms with van der Waals surface area (Å²) >= 11 is 6.53. The summed E-state index contributed by atoms with van der Waals surface area (Å²) in [6, 6.07) is 5.84. The van der Waals surface area contributed by atoms with Gasteiger partial charge >= 0.3 is 6.09 Å². The van der Waals surface area contributed by atoms with Gasteiger partial charge in [-0.05, 0) is 37.1 Å². The Bertz CT molecular complexity index is 1180. The number of methoxy groups -OCH3 is 1. The number of thiazole rings is 1. The van der Waals surface area contributed by atoms with E-state index in [2.05, 4.69) is 26.6 Å². The minimum absolute atomic E-state index is 0.0910. The number of amides is 2. The van der Waals surface area contributed by atoms with Crippen LogP contribution >= 0.6 is 38.6 Å². The molecule has 1 unspecified atom stereocenters. The van der Waals surface area contributed by atoms with Crippen LogP contribution in [0.15, 0.2) is 22.7 Å². The Balaban J connectivity index is 1.66. The average molecular weight is 554 g/mol. The molecule has 0 radical (unpaired) electrons. The van der Waals surface area contributed by atoms with Crippen LogP contribution in [0.2, 0.25) is 0 Å². The van der Waals surface area contributed by atoms with Gasteiger partial charge in [-0.1, -0.05) is 15.9 Å². The first-order valence-electron chi connectivity index (χ1n) is 10.6. The number of halogens is 1. The summed E-state index contributed by atoms with van der Waals surface area (Å²) in [5.41, 5.74) is 2.89. The number of fused-ring (bicyclic) bond motifs is 2. The number of ether oxygens (including phenoxy) is 1.